The van der Waals surface area contributed by atoms with Crippen molar-refractivity contribution in [3.63, 3.8) is 0 Å². The smallest absolute Gasteiger partial charge is 0.166 e. The predicted octanol–water partition coefficient (Wildman–Crippen LogP) is 0.780. The maximum absolute atomic E-state index is 5.89. The number of rotatable bonds is 5. The molecule has 3 N–H and O–H groups in total. The lowest BCUT2D eigenvalue weighted by atomic mass is 10.1. The van der Waals surface area contributed by atoms with Gasteiger partial charge in [0.05, 0.1) is 32.3 Å². The number of benzene rings is 1. The first-order valence-corrected chi connectivity index (χ1v) is 8.15. The molecule has 1 aromatic carbocycles. The van der Waals surface area contributed by atoms with E-state index in [0.29, 0.717) is 5.11 Å². The molecular weight excluding hydrogens is 306 g/mol. The van der Waals surface area contributed by atoms with Crippen LogP contribution in [-0.4, -0.2) is 44.5 Å². The molecule has 0 saturated carbocycles. The van der Waals surface area contributed by atoms with Gasteiger partial charge in [-0.25, -0.2) is 0 Å². The van der Waals surface area contributed by atoms with E-state index in [4.69, 9.17) is 28.6 Å². The second-order valence-corrected chi connectivity index (χ2v) is 6.13. The molecule has 0 spiro atoms. The summed E-state index contributed by atoms with van der Waals surface area (Å²) >= 11 is 11.2. The van der Waals surface area contributed by atoms with E-state index in [2.05, 4.69) is 17.6 Å². The maximum Gasteiger partial charge on any atom is 0.166 e. The van der Waals surface area contributed by atoms with Crippen LogP contribution in [0.4, 0.5) is 0 Å². The highest BCUT2D eigenvalue weighted by atomic mass is 35.5. The van der Waals surface area contributed by atoms with Gasteiger partial charge < -0.3 is 20.3 Å². The minimum absolute atomic E-state index is 0.165. The summed E-state index contributed by atoms with van der Waals surface area (Å²) in [7, 11) is 0. The van der Waals surface area contributed by atoms with Crippen LogP contribution in [0.1, 0.15) is 18.5 Å². The van der Waals surface area contributed by atoms with Crippen LogP contribution in [0.2, 0.25) is 5.02 Å². The Bertz CT molecular complexity index is 449. The molecule has 1 fully saturated rings. The summed E-state index contributed by atoms with van der Waals surface area (Å²) in [4.78, 5) is 1.57. The summed E-state index contributed by atoms with van der Waals surface area (Å²) in [6, 6.07) is 7.99. The number of halogens is 1. The average Bonchev–Trinajstić information content (AvgIpc) is 2.49. The largest absolute Gasteiger partial charge is 0.370 e. The van der Waals surface area contributed by atoms with Crippen LogP contribution in [0.3, 0.4) is 0 Å². The van der Waals surface area contributed by atoms with Gasteiger partial charge in [0, 0.05) is 5.02 Å². The molecule has 6 heteroatoms. The first-order chi connectivity index (χ1) is 10.1. The van der Waals surface area contributed by atoms with Crippen molar-refractivity contribution in [3.05, 3.63) is 34.9 Å². The van der Waals surface area contributed by atoms with Crippen molar-refractivity contribution in [1.82, 2.24) is 10.6 Å². The van der Waals surface area contributed by atoms with E-state index in [0.717, 1.165) is 44.4 Å². The fraction of sp³-hybridized carbons (Fsp3) is 0.533. The van der Waals surface area contributed by atoms with Crippen LogP contribution in [0.15, 0.2) is 24.3 Å². The van der Waals surface area contributed by atoms with Crippen LogP contribution in [-0.2, 0) is 4.74 Å². The number of thiocarbonyl (C=S) groups is 1. The zero-order valence-corrected chi connectivity index (χ0v) is 13.9. The summed E-state index contributed by atoms with van der Waals surface area (Å²) in [5.74, 6) is 0. The molecule has 1 saturated heterocycles. The molecule has 4 nitrogen and oxygen atoms in total. The van der Waals surface area contributed by atoms with Crippen molar-refractivity contribution in [1.29, 1.82) is 0 Å². The van der Waals surface area contributed by atoms with E-state index in [1.54, 1.807) is 4.90 Å². The predicted molar refractivity (Wildman–Crippen MR) is 90.0 cm³/mol. The lowest BCUT2D eigenvalue weighted by Crippen LogP contribution is -3.14. The van der Waals surface area contributed by atoms with E-state index in [1.807, 2.05) is 24.3 Å². The third-order valence-corrected chi connectivity index (χ3v) is 4.20. The van der Waals surface area contributed by atoms with Crippen molar-refractivity contribution >= 4 is 28.9 Å². The van der Waals surface area contributed by atoms with E-state index in [9.17, 15) is 0 Å². The topological polar surface area (TPSA) is 37.7 Å². The van der Waals surface area contributed by atoms with Crippen molar-refractivity contribution in [2.45, 2.75) is 13.0 Å². The lowest BCUT2D eigenvalue weighted by molar-refractivity contribution is -0.906. The highest BCUT2D eigenvalue weighted by Crippen LogP contribution is 2.15. The second-order valence-electron chi connectivity index (χ2n) is 5.29. The molecule has 0 radical (unpaired) electrons. The summed E-state index contributed by atoms with van der Waals surface area (Å²) in [5, 5.41) is 8.02. The molecule has 2 rings (SSSR count). The number of hydrogen-bond acceptors (Lipinski definition) is 2. The van der Waals surface area contributed by atoms with Gasteiger partial charge >= 0.3 is 0 Å². The Morgan fingerprint density at radius 3 is 2.67 bits per heavy atom. The van der Waals surface area contributed by atoms with Gasteiger partial charge in [-0.05, 0) is 36.8 Å². The van der Waals surface area contributed by atoms with Gasteiger partial charge in [-0.2, -0.15) is 0 Å². The minimum atomic E-state index is 0.165. The minimum Gasteiger partial charge on any atom is -0.370 e. The van der Waals surface area contributed by atoms with E-state index >= 15 is 0 Å². The van der Waals surface area contributed by atoms with Crippen LogP contribution >= 0.6 is 23.8 Å². The Morgan fingerprint density at radius 1 is 1.33 bits per heavy atom. The van der Waals surface area contributed by atoms with Gasteiger partial charge in [0.15, 0.2) is 5.11 Å². The molecular formula is C15H23ClN3OS+. The fourth-order valence-corrected chi connectivity index (χ4v) is 2.75. The third-order valence-electron chi connectivity index (χ3n) is 3.68. The van der Waals surface area contributed by atoms with Crippen LogP contribution < -0.4 is 15.5 Å². The Hall–Kier alpha value is -0.880. The van der Waals surface area contributed by atoms with Crippen molar-refractivity contribution in [3.8, 4) is 0 Å². The normalized spacial score (nSPS) is 17.2. The first-order valence-electron chi connectivity index (χ1n) is 7.36. The number of ether oxygens (including phenoxy) is 1. The number of morpholine rings is 1. The highest BCUT2D eigenvalue weighted by molar-refractivity contribution is 7.80. The summed E-state index contributed by atoms with van der Waals surface area (Å²) in [6.45, 7) is 7.95. The molecule has 1 atom stereocenters. The average molecular weight is 329 g/mol. The molecule has 1 aliphatic rings. The summed E-state index contributed by atoms with van der Waals surface area (Å²) < 4.78 is 5.35. The van der Waals surface area contributed by atoms with E-state index in [1.165, 1.54) is 5.56 Å². The molecule has 116 valence electrons. The van der Waals surface area contributed by atoms with Gasteiger partial charge in [-0.15, -0.1) is 0 Å². The zero-order valence-electron chi connectivity index (χ0n) is 12.3. The summed E-state index contributed by atoms with van der Waals surface area (Å²) in [6.07, 6.45) is 0. The number of hydrogen-bond donors (Lipinski definition) is 3. The third kappa shape index (κ3) is 5.79. The first kappa shape index (κ1) is 16.5. The van der Waals surface area contributed by atoms with Crippen molar-refractivity contribution in [2.24, 2.45) is 0 Å². The molecule has 0 unspecified atom stereocenters. The molecule has 0 aliphatic carbocycles. The van der Waals surface area contributed by atoms with E-state index in [-0.39, 0.29) is 6.04 Å². The Labute approximate surface area is 136 Å². The van der Waals surface area contributed by atoms with Crippen LogP contribution in [0, 0.1) is 0 Å². The Balaban J connectivity index is 1.67. The molecule has 0 amide bonds. The van der Waals surface area contributed by atoms with Crippen molar-refractivity contribution in [2.75, 3.05) is 39.4 Å². The number of quaternary nitrogens is 1. The Morgan fingerprint density at radius 2 is 2.00 bits per heavy atom. The molecule has 1 aliphatic heterocycles. The second kappa shape index (κ2) is 8.54. The summed E-state index contributed by atoms with van der Waals surface area (Å²) in [5.41, 5.74) is 1.17. The molecule has 1 heterocycles. The molecule has 0 aromatic heterocycles. The van der Waals surface area contributed by atoms with Gasteiger partial charge in [0.25, 0.3) is 0 Å². The van der Waals surface area contributed by atoms with Crippen LogP contribution in [0.5, 0.6) is 0 Å². The Kier molecular flexibility index (Phi) is 6.70. The molecule has 0 bridgehead atoms. The highest BCUT2D eigenvalue weighted by Gasteiger charge is 2.13. The maximum atomic E-state index is 5.89. The SMILES string of the molecule is C[C@H](NC(=S)NCC[NH+]1CCOCC1)c1ccc(Cl)cc1. The lowest BCUT2D eigenvalue weighted by Gasteiger charge is -2.24. The molecule has 1 aromatic rings. The fourth-order valence-electron chi connectivity index (χ4n) is 2.35. The zero-order chi connectivity index (χ0) is 15.1. The van der Waals surface area contributed by atoms with Gasteiger partial charge in [0.2, 0.25) is 0 Å². The van der Waals surface area contributed by atoms with E-state index < -0.39 is 0 Å². The standard InChI is InChI=1S/C15H22ClN3OS/c1-12(13-2-4-14(16)5-3-13)18-15(21)17-6-7-19-8-10-20-11-9-19/h2-5,12H,6-11H2,1H3,(H2,17,18,21)/p+1/t12-/m0/s1. The van der Waals surface area contributed by atoms with Gasteiger partial charge in [-0.1, -0.05) is 23.7 Å². The van der Waals surface area contributed by atoms with Crippen molar-refractivity contribution < 1.29 is 9.64 Å². The van der Waals surface area contributed by atoms with Crippen LogP contribution in [0.25, 0.3) is 0 Å². The molecule has 21 heavy (non-hydrogen) atoms. The monoisotopic (exact) mass is 328 g/mol. The quantitative estimate of drug-likeness (QED) is 0.698. The van der Waals surface area contributed by atoms with Gasteiger partial charge in [0.1, 0.15) is 13.1 Å². The number of nitrogens with one attached hydrogen (secondary N) is 3. The van der Waals surface area contributed by atoms with Gasteiger partial charge in [-0.3, -0.25) is 0 Å².